The fraction of sp³-hybridized carbons (Fsp3) is 0.133. The zero-order valence-electron chi connectivity index (χ0n) is 11.4. The summed E-state index contributed by atoms with van der Waals surface area (Å²) >= 11 is 0. The fourth-order valence-corrected chi connectivity index (χ4v) is 1.78. The molecule has 1 heterocycles. The second-order valence-corrected chi connectivity index (χ2v) is 4.34. The van der Waals surface area contributed by atoms with Crippen LogP contribution in [0.4, 0.5) is 10.6 Å². The Bertz CT molecular complexity index is 656. The molecule has 2 aromatic rings. The third kappa shape index (κ3) is 3.79. The van der Waals surface area contributed by atoms with Crippen molar-refractivity contribution in [2.45, 2.75) is 13.5 Å². The molecule has 2 N–H and O–H groups in total. The summed E-state index contributed by atoms with van der Waals surface area (Å²) < 4.78 is 5.02. The van der Waals surface area contributed by atoms with Crippen LogP contribution in [0.2, 0.25) is 0 Å². The van der Waals surface area contributed by atoms with Gasteiger partial charge in [-0.05, 0) is 24.1 Å². The normalized spacial score (nSPS) is 9.95. The Morgan fingerprint density at radius 1 is 1.24 bits per heavy atom. The molecule has 6 nitrogen and oxygen atoms in total. The molecule has 108 valence electrons. The van der Waals surface area contributed by atoms with Gasteiger partial charge in [0.1, 0.15) is 18.0 Å². The number of rotatable bonds is 4. The second kappa shape index (κ2) is 6.51. The third-order valence-electron chi connectivity index (χ3n) is 2.81. The highest BCUT2D eigenvalue weighted by Crippen LogP contribution is 2.16. The van der Waals surface area contributed by atoms with Crippen molar-refractivity contribution in [1.29, 1.82) is 0 Å². The van der Waals surface area contributed by atoms with Gasteiger partial charge in [-0.25, -0.2) is 14.6 Å². The summed E-state index contributed by atoms with van der Waals surface area (Å²) in [6, 6.07) is 10.7. The molecule has 0 aliphatic heterocycles. The van der Waals surface area contributed by atoms with E-state index in [-0.39, 0.29) is 18.0 Å². The van der Waals surface area contributed by atoms with Crippen molar-refractivity contribution in [3.05, 3.63) is 59.3 Å². The van der Waals surface area contributed by atoms with Crippen LogP contribution in [0.1, 0.15) is 21.5 Å². The van der Waals surface area contributed by atoms with Crippen molar-refractivity contribution in [2.24, 2.45) is 0 Å². The number of carboxylic acid groups (broad SMARTS) is 1. The van der Waals surface area contributed by atoms with Crippen molar-refractivity contribution in [3.8, 4) is 0 Å². The first-order valence-electron chi connectivity index (χ1n) is 6.24. The van der Waals surface area contributed by atoms with E-state index in [0.29, 0.717) is 5.56 Å². The topological polar surface area (TPSA) is 88.5 Å². The predicted octanol–water partition coefficient (Wildman–Crippen LogP) is 2.84. The van der Waals surface area contributed by atoms with Gasteiger partial charge < -0.3 is 9.84 Å². The number of anilines is 1. The van der Waals surface area contributed by atoms with Crippen molar-refractivity contribution in [3.63, 3.8) is 0 Å². The minimum Gasteiger partial charge on any atom is -0.478 e. The summed E-state index contributed by atoms with van der Waals surface area (Å²) in [6.07, 6.45) is 0.675. The average Bonchev–Trinajstić information content (AvgIpc) is 2.46. The molecule has 0 spiro atoms. The first-order valence-corrected chi connectivity index (χ1v) is 6.24. The van der Waals surface area contributed by atoms with Crippen LogP contribution >= 0.6 is 0 Å². The molecule has 21 heavy (non-hydrogen) atoms. The third-order valence-corrected chi connectivity index (χ3v) is 2.81. The number of aromatic carboxylic acids is 1. The number of amides is 1. The van der Waals surface area contributed by atoms with Crippen LogP contribution in [0.3, 0.4) is 0 Å². The molecule has 0 aliphatic carbocycles. The van der Waals surface area contributed by atoms with E-state index in [9.17, 15) is 9.59 Å². The van der Waals surface area contributed by atoms with Gasteiger partial charge in [-0.1, -0.05) is 30.3 Å². The van der Waals surface area contributed by atoms with E-state index >= 15 is 0 Å². The number of aryl methyl sites for hydroxylation is 1. The van der Waals surface area contributed by atoms with E-state index < -0.39 is 12.1 Å². The van der Waals surface area contributed by atoms with Crippen molar-refractivity contribution >= 4 is 17.9 Å². The van der Waals surface area contributed by atoms with Crippen molar-refractivity contribution < 1.29 is 19.4 Å². The first kappa shape index (κ1) is 14.5. The number of hydrogen-bond donors (Lipinski definition) is 2. The maximum absolute atomic E-state index is 11.7. The van der Waals surface area contributed by atoms with Crippen LogP contribution in [-0.2, 0) is 11.3 Å². The van der Waals surface area contributed by atoms with Gasteiger partial charge in [0.15, 0.2) is 0 Å². The molecule has 1 aromatic carbocycles. The summed E-state index contributed by atoms with van der Waals surface area (Å²) in [7, 11) is 0. The van der Waals surface area contributed by atoms with Gasteiger partial charge in [0.05, 0.1) is 0 Å². The molecular formula is C15H14N2O4. The molecule has 2 rings (SSSR count). The van der Waals surface area contributed by atoms with E-state index in [1.165, 1.54) is 6.20 Å². The summed E-state index contributed by atoms with van der Waals surface area (Å²) in [5.41, 5.74) is 1.30. The molecule has 6 heteroatoms. The van der Waals surface area contributed by atoms with Gasteiger partial charge in [0.25, 0.3) is 0 Å². The van der Waals surface area contributed by atoms with Gasteiger partial charge in [-0.2, -0.15) is 0 Å². The zero-order valence-corrected chi connectivity index (χ0v) is 11.4. The van der Waals surface area contributed by atoms with Gasteiger partial charge in [-0.3, -0.25) is 5.32 Å². The number of carbonyl (C=O) groups excluding carboxylic acids is 1. The predicted molar refractivity (Wildman–Crippen MR) is 76.2 cm³/mol. The molecule has 0 saturated heterocycles. The minimum atomic E-state index is -1.15. The molecule has 0 unspecified atom stereocenters. The number of hydrogen-bond acceptors (Lipinski definition) is 4. The lowest BCUT2D eigenvalue weighted by Gasteiger charge is -2.10. The summed E-state index contributed by atoms with van der Waals surface area (Å²) in [6.45, 7) is 1.73. The number of ether oxygens (including phenoxy) is 1. The molecule has 0 saturated carbocycles. The van der Waals surface area contributed by atoms with E-state index in [1.54, 1.807) is 13.0 Å². The largest absolute Gasteiger partial charge is 0.478 e. The maximum Gasteiger partial charge on any atom is 0.413 e. The second-order valence-electron chi connectivity index (χ2n) is 4.34. The Kier molecular flexibility index (Phi) is 4.50. The number of pyridine rings is 1. The number of carbonyl (C=O) groups is 2. The number of nitrogens with zero attached hydrogens (tertiary/aromatic N) is 1. The lowest BCUT2D eigenvalue weighted by Crippen LogP contribution is -2.17. The van der Waals surface area contributed by atoms with Gasteiger partial charge in [0, 0.05) is 6.20 Å². The number of nitrogens with one attached hydrogen (secondary N) is 1. The highest BCUT2D eigenvalue weighted by molar-refractivity contribution is 5.98. The molecular weight excluding hydrogens is 272 g/mol. The van der Waals surface area contributed by atoms with Crippen LogP contribution < -0.4 is 5.32 Å². The molecule has 0 aliphatic rings. The van der Waals surface area contributed by atoms with Crippen LogP contribution in [0.15, 0.2) is 42.6 Å². The smallest absolute Gasteiger partial charge is 0.413 e. The SMILES string of the molecule is Cc1ccnc(NC(=O)OCc2ccccc2)c1C(=O)O. The van der Waals surface area contributed by atoms with Gasteiger partial charge >= 0.3 is 12.1 Å². The molecule has 0 fully saturated rings. The number of aromatic nitrogens is 1. The van der Waals surface area contributed by atoms with Crippen LogP contribution in [0.25, 0.3) is 0 Å². The standard InChI is InChI=1S/C15H14N2O4/c1-10-7-8-16-13(12(10)14(18)19)17-15(20)21-9-11-5-3-2-4-6-11/h2-8H,9H2,1H3,(H,18,19)(H,16,17,20). The molecule has 1 aromatic heterocycles. The summed E-state index contributed by atoms with van der Waals surface area (Å²) in [4.78, 5) is 26.7. The van der Waals surface area contributed by atoms with Gasteiger partial charge in [-0.15, -0.1) is 0 Å². The lowest BCUT2D eigenvalue weighted by atomic mass is 10.1. The molecule has 0 atom stereocenters. The van der Waals surface area contributed by atoms with E-state index in [0.717, 1.165) is 5.56 Å². The monoisotopic (exact) mass is 286 g/mol. The van der Waals surface area contributed by atoms with Crippen LogP contribution in [0.5, 0.6) is 0 Å². The van der Waals surface area contributed by atoms with Crippen LogP contribution in [-0.4, -0.2) is 22.2 Å². The quantitative estimate of drug-likeness (QED) is 0.902. The van der Waals surface area contributed by atoms with Gasteiger partial charge in [0.2, 0.25) is 0 Å². The van der Waals surface area contributed by atoms with Crippen LogP contribution in [0, 0.1) is 6.92 Å². The van der Waals surface area contributed by atoms with Crippen molar-refractivity contribution in [1.82, 2.24) is 4.98 Å². The summed E-state index contributed by atoms with van der Waals surface area (Å²) in [5.74, 6) is -1.18. The number of carboxylic acids is 1. The Morgan fingerprint density at radius 3 is 2.62 bits per heavy atom. The Balaban J connectivity index is 2.03. The maximum atomic E-state index is 11.7. The number of benzene rings is 1. The van der Waals surface area contributed by atoms with Crippen molar-refractivity contribution in [2.75, 3.05) is 5.32 Å². The lowest BCUT2D eigenvalue weighted by molar-refractivity contribution is 0.0697. The fourth-order valence-electron chi connectivity index (χ4n) is 1.78. The highest BCUT2D eigenvalue weighted by atomic mass is 16.5. The minimum absolute atomic E-state index is 0.0273. The van der Waals surface area contributed by atoms with E-state index in [2.05, 4.69) is 10.3 Å². The molecule has 1 amide bonds. The summed E-state index contributed by atoms with van der Waals surface area (Å²) in [5, 5.41) is 11.5. The van der Waals surface area contributed by atoms with E-state index in [4.69, 9.17) is 9.84 Å². The highest BCUT2D eigenvalue weighted by Gasteiger charge is 2.16. The van der Waals surface area contributed by atoms with E-state index in [1.807, 2.05) is 30.3 Å². The Labute approximate surface area is 121 Å². The average molecular weight is 286 g/mol. The molecule has 0 bridgehead atoms. The molecule has 0 radical (unpaired) electrons. The zero-order chi connectivity index (χ0) is 15.2. The first-order chi connectivity index (χ1) is 10.1. The Hall–Kier alpha value is -2.89. The Morgan fingerprint density at radius 2 is 1.95 bits per heavy atom.